The van der Waals surface area contributed by atoms with Crippen LogP contribution >= 0.6 is 0 Å². The fourth-order valence-corrected chi connectivity index (χ4v) is 2.56. The van der Waals surface area contributed by atoms with Gasteiger partial charge in [-0.1, -0.05) is 0 Å². The Morgan fingerprint density at radius 2 is 2.13 bits per heavy atom. The van der Waals surface area contributed by atoms with Gasteiger partial charge < -0.3 is 10.4 Å². The lowest BCUT2D eigenvalue weighted by atomic mass is 9.71. The Kier molecular flexibility index (Phi) is 2.71. The summed E-state index contributed by atoms with van der Waals surface area (Å²) in [6.45, 7) is 1.74. The highest BCUT2D eigenvalue weighted by Crippen LogP contribution is 2.37. The Balaban J connectivity index is 1.74. The van der Waals surface area contributed by atoms with Crippen molar-refractivity contribution in [3.63, 3.8) is 0 Å². The minimum atomic E-state index is -0.750. The number of nitrogens with one attached hydrogen (secondary N) is 1. The van der Waals surface area contributed by atoms with Gasteiger partial charge in [0, 0.05) is 12.0 Å². The molecule has 0 bridgehead atoms. The molecule has 2 rings (SSSR count). The van der Waals surface area contributed by atoms with Crippen molar-refractivity contribution in [3.8, 4) is 0 Å². The highest BCUT2D eigenvalue weighted by Gasteiger charge is 2.43. The number of carbonyl (C=O) groups excluding carboxylic acids is 1. The van der Waals surface area contributed by atoms with E-state index in [-0.39, 0.29) is 17.9 Å². The van der Waals surface area contributed by atoms with Crippen LogP contribution in [0.25, 0.3) is 0 Å². The third-order valence-corrected chi connectivity index (χ3v) is 3.46. The third-order valence-electron chi connectivity index (χ3n) is 3.46. The molecule has 3 nitrogen and oxygen atoms in total. The first kappa shape index (κ1) is 10.9. The Morgan fingerprint density at radius 1 is 1.47 bits per heavy atom. The molecule has 15 heavy (non-hydrogen) atoms. The summed E-state index contributed by atoms with van der Waals surface area (Å²) in [5.41, 5.74) is -0.666. The topological polar surface area (TPSA) is 49.3 Å². The van der Waals surface area contributed by atoms with E-state index in [1.165, 1.54) is 0 Å². The van der Waals surface area contributed by atoms with Gasteiger partial charge in [-0.25, -0.2) is 4.39 Å². The van der Waals surface area contributed by atoms with E-state index < -0.39 is 11.8 Å². The lowest BCUT2D eigenvalue weighted by molar-refractivity contribution is -0.139. The number of halogens is 1. The van der Waals surface area contributed by atoms with Crippen LogP contribution in [0.5, 0.6) is 0 Å². The number of aliphatic hydroxyl groups is 1. The van der Waals surface area contributed by atoms with Crippen molar-refractivity contribution < 1.29 is 14.3 Å². The minimum absolute atomic E-state index is 0.0121. The molecule has 0 saturated heterocycles. The van der Waals surface area contributed by atoms with Crippen LogP contribution in [0.4, 0.5) is 4.39 Å². The van der Waals surface area contributed by atoms with E-state index in [2.05, 4.69) is 5.32 Å². The third kappa shape index (κ3) is 2.48. The zero-order chi connectivity index (χ0) is 11.1. The van der Waals surface area contributed by atoms with E-state index in [1.54, 1.807) is 6.92 Å². The second-order valence-electron chi connectivity index (χ2n) is 5.22. The van der Waals surface area contributed by atoms with Gasteiger partial charge in [0.15, 0.2) is 0 Å². The quantitative estimate of drug-likeness (QED) is 0.726. The van der Waals surface area contributed by atoms with E-state index in [4.69, 9.17) is 0 Å². The maximum absolute atomic E-state index is 12.9. The molecule has 2 unspecified atom stereocenters. The highest BCUT2D eigenvalue weighted by molar-refractivity contribution is 5.80. The molecule has 4 heteroatoms. The summed E-state index contributed by atoms with van der Waals surface area (Å²) in [7, 11) is 0. The van der Waals surface area contributed by atoms with Gasteiger partial charge in [0.05, 0.1) is 5.60 Å². The molecule has 0 aromatic rings. The Labute approximate surface area is 89.0 Å². The van der Waals surface area contributed by atoms with Crippen molar-refractivity contribution in [2.24, 2.45) is 5.92 Å². The smallest absolute Gasteiger partial charge is 0.223 e. The SMILES string of the molecule is CC1(O)CC(C(=O)NC2CCC(F)C2)C1. The molecule has 0 aromatic carbocycles. The molecule has 0 radical (unpaired) electrons. The van der Waals surface area contributed by atoms with Crippen LogP contribution in [0.2, 0.25) is 0 Å². The summed E-state index contributed by atoms with van der Waals surface area (Å²) in [4.78, 5) is 11.6. The van der Waals surface area contributed by atoms with Crippen molar-refractivity contribution in [2.45, 2.75) is 56.8 Å². The molecule has 2 fully saturated rings. The molecular weight excluding hydrogens is 197 g/mol. The molecule has 0 heterocycles. The second kappa shape index (κ2) is 3.74. The van der Waals surface area contributed by atoms with Gasteiger partial charge in [0.1, 0.15) is 6.17 Å². The average Bonchev–Trinajstić information content (AvgIpc) is 2.46. The van der Waals surface area contributed by atoms with E-state index in [9.17, 15) is 14.3 Å². The van der Waals surface area contributed by atoms with Gasteiger partial charge in [0.2, 0.25) is 5.91 Å². The van der Waals surface area contributed by atoms with Crippen LogP contribution < -0.4 is 5.32 Å². The summed E-state index contributed by atoms with van der Waals surface area (Å²) < 4.78 is 12.9. The highest BCUT2D eigenvalue weighted by atomic mass is 19.1. The zero-order valence-corrected chi connectivity index (χ0v) is 9.00. The van der Waals surface area contributed by atoms with Crippen LogP contribution in [-0.4, -0.2) is 28.8 Å². The molecule has 0 aromatic heterocycles. The maximum atomic E-state index is 12.9. The van der Waals surface area contributed by atoms with E-state index in [1.807, 2.05) is 0 Å². The van der Waals surface area contributed by atoms with Gasteiger partial charge in [-0.15, -0.1) is 0 Å². The van der Waals surface area contributed by atoms with Gasteiger partial charge in [-0.3, -0.25) is 4.79 Å². The molecule has 0 spiro atoms. The number of carbonyl (C=O) groups is 1. The summed E-state index contributed by atoms with van der Waals surface area (Å²) in [5, 5.41) is 12.4. The van der Waals surface area contributed by atoms with Crippen molar-refractivity contribution in [3.05, 3.63) is 0 Å². The number of hydrogen-bond acceptors (Lipinski definition) is 2. The molecular formula is C11H18FNO2. The molecule has 2 N–H and O–H groups in total. The van der Waals surface area contributed by atoms with Crippen molar-refractivity contribution >= 4 is 5.91 Å². The standard InChI is InChI=1S/C11H18FNO2/c1-11(15)5-7(6-11)10(14)13-9-3-2-8(12)4-9/h7-9,15H,2-6H2,1H3,(H,13,14). The fraction of sp³-hybridized carbons (Fsp3) is 0.909. The number of alkyl halides is 1. The summed E-state index contributed by atoms with van der Waals surface area (Å²) in [5.74, 6) is -0.0840. The monoisotopic (exact) mass is 215 g/mol. The minimum Gasteiger partial charge on any atom is -0.390 e. The molecule has 2 atom stereocenters. The molecule has 1 amide bonds. The Hall–Kier alpha value is -0.640. The van der Waals surface area contributed by atoms with Gasteiger partial charge >= 0.3 is 0 Å². The van der Waals surface area contributed by atoms with Crippen LogP contribution in [-0.2, 0) is 4.79 Å². The predicted molar refractivity (Wildman–Crippen MR) is 54.0 cm³/mol. The first-order chi connectivity index (χ1) is 6.96. The maximum Gasteiger partial charge on any atom is 0.223 e. The van der Waals surface area contributed by atoms with Crippen LogP contribution in [0.1, 0.15) is 39.0 Å². The lowest BCUT2D eigenvalue weighted by Crippen LogP contribution is -2.49. The van der Waals surface area contributed by atoms with E-state index in [0.29, 0.717) is 25.7 Å². The number of hydrogen-bond donors (Lipinski definition) is 2. The number of amides is 1. The van der Waals surface area contributed by atoms with E-state index in [0.717, 1.165) is 6.42 Å². The van der Waals surface area contributed by atoms with Crippen molar-refractivity contribution in [1.82, 2.24) is 5.32 Å². The van der Waals surface area contributed by atoms with Gasteiger partial charge in [-0.05, 0) is 39.0 Å². The van der Waals surface area contributed by atoms with Crippen LogP contribution in [0.3, 0.4) is 0 Å². The summed E-state index contributed by atoms with van der Waals surface area (Å²) in [6.07, 6.45) is 2.08. The average molecular weight is 215 g/mol. The van der Waals surface area contributed by atoms with Crippen LogP contribution in [0.15, 0.2) is 0 Å². The summed E-state index contributed by atoms with van der Waals surface area (Å²) in [6, 6.07) is 0.0121. The predicted octanol–water partition coefficient (Wildman–Crippen LogP) is 1.15. The fourth-order valence-electron chi connectivity index (χ4n) is 2.56. The van der Waals surface area contributed by atoms with Crippen molar-refractivity contribution in [2.75, 3.05) is 0 Å². The largest absolute Gasteiger partial charge is 0.390 e. The molecule has 2 aliphatic carbocycles. The normalized spacial score (nSPS) is 44.9. The lowest BCUT2D eigenvalue weighted by Gasteiger charge is -2.40. The van der Waals surface area contributed by atoms with Gasteiger partial charge in [0.25, 0.3) is 0 Å². The van der Waals surface area contributed by atoms with Crippen molar-refractivity contribution in [1.29, 1.82) is 0 Å². The second-order valence-corrected chi connectivity index (χ2v) is 5.22. The first-order valence-electron chi connectivity index (χ1n) is 5.63. The van der Waals surface area contributed by atoms with Crippen LogP contribution in [0, 0.1) is 5.92 Å². The Bertz CT molecular complexity index is 259. The molecule has 2 saturated carbocycles. The molecule has 86 valence electrons. The summed E-state index contributed by atoms with van der Waals surface area (Å²) >= 11 is 0. The zero-order valence-electron chi connectivity index (χ0n) is 9.00. The number of rotatable bonds is 2. The molecule has 2 aliphatic rings. The van der Waals surface area contributed by atoms with E-state index >= 15 is 0 Å². The first-order valence-corrected chi connectivity index (χ1v) is 5.63. The van der Waals surface area contributed by atoms with Gasteiger partial charge in [-0.2, -0.15) is 0 Å². The molecule has 0 aliphatic heterocycles. The Morgan fingerprint density at radius 3 is 2.60 bits per heavy atom.